The summed E-state index contributed by atoms with van der Waals surface area (Å²) in [6.07, 6.45) is 2.45. The molecule has 2 atom stereocenters. The van der Waals surface area contributed by atoms with E-state index in [-0.39, 0.29) is 24.2 Å². The fourth-order valence-corrected chi connectivity index (χ4v) is 2.61. The Bertz CT molecular complexity index is 568. The number of ether oxygens (including phenoxy) is 2. The van der Waals surface area contributed by atoms with Gasteiger partial charge in [-0.05, 0) is 18.4 Å². The van der Waals surface area contributed by atoms with Crippen LogP contribution in [0.3, 0.4) is 0 Å². The van der Waals surface area contributed by atoms with Gasteiger partial charge in [-0.1, -0.05) is 50.3 Å². The van der Waals surface area contributed by atoms with Crippen molar-refractivity contribution in [3.8, 4) is 0 Å². The third-order valence-corrected chi connectivity index (χ3v) is 3.74. The van der Waals surface area contributed by atoms with Gasteiger partial charge in [-0.2, -0.15) is 0 Å². The van der Waals surface area contributed by atoms with Crippen molar-refractivity contribution in [2.75, 3.05) is 6.61 Å². The predicted molar refractivity (Wildman–Crippen MR) is 86.7 cm³/mol. The molecule has 1 heterocycles. The van der Waals surface area contributed by atoms with Gasteiger partial charge in [-0.15, -0.1) is 0 Å². The van der Waals surface area contributed by atoms with Crippen molar-refractivity contribution in [1.29, 1.82) is 0 Å². The van der Waals surface area contributed by atoms with Crippen LogP contribution in [0.25, 0.3) is 0 Å². The fraction of sp³-hybridized carbons (Fsp3) is 0.444. The van der Waals surface area contributed by atoms with E-state index in [1.165, 1.54) is 6.08 Å². The number of carbonyl (C=O) groups is 2. The zero-order chi connectivity index (χ0) is 16.8. The highest BCUT2D eigenvalue weighted by Gasteiger charge is 2.41. The number of hydrogen-bond donors (Lipinski definition) is 0. The van der Waals surface area contributed by atoms with Gasteiger partial charge in [-0.25, -0.2) is 9.59 Å². The minimum atomic E-state index is -0.408. The summed E-state index contributed by atoms with van der Waals surface area (Å²) in [4.78, 5) is 25.4. The molecule has 0 saturated carbocycles. The first kappa shape index (κ1) is 17.1. The van der Waals surface area contributed by atoms with Gasteiger partial charge in [0.25, 0.3) is 0 Å². The van der Waals surface area contributed by atoms with Crippen molar-refractivity contribution in [2.45, 2.75) is 39.5 Å². The summed E-state index contributed by atoms with van der Waals surface area (Å²) in [5.41, 5.74) is 1.02. The largest absolute Gasteiger partial charge is 0.463 e. The molecule has 0 radical (unpaired) electrons. The van der Waals surface area contributed by atoms with E-state index in [2.05, 4.69) is 0 Å². The fourth-order valence-electron chi connectivity index (χ4n) is 2.61. The van der Waals surface area contributed by atoms with E-state index in [1.54, 1.807) is 17.9 Å². The molecule has 2 rings (SSSR count). The number of hydrogen-bond acceptors (Lipinski definition) is 4. The molecule has 0 unspecified atom stereocenters. The number of cyclic esters (lactones) is 1. The van der Waals surface area contributed by atoms with E-state index in [4.69, 9.17) is 9.47 Å². The first-order chi connectivity index (χ1) is 11.0. The Morgan fingerprint density at radius 3 is 2.65 bits per heavy atom. The first-order valence-corrected chi connectivity index (χ1v) is 7.89. The SMILES string of the molecule is CCOC(=O)/C=C/[C@H]1[C@H](C(C)C)OC(=O)N1Cc1ccccc1. The molecule has 1 amide bonds. The molecule has 5 heteroatoms. The Kier molecular flexibility index (Phi) is 5.79. The molecule has 1 aromatic carbocycles. The van der Waals surface area contributed by atoms with E-state index in [0.29, 0.717) is 13.2 Å². The average Bonchev–Trinajstić information content (AvgIpc) is 2.83. The summed E-state index contributed by atoms with van der Waals surface area (Å²) < 4.78 is 10.4. The minimum Gasteiger partial charge on any atom is -0.463 e. The number of carbonyl (C=O) groups excluding carboxylic acids is 2. The summed E-state index contributed by atoms with van der Waals surface area (Å²) in [5.74, 6) is -0.259. The number of esters is 1. The summed E-state index contributed by atoms with van der Waals surface area (Å²) >= 11 is 0. The molecule has 0 spiro atoms. The van der Waals surface area contributed by atoms with E-state index in [1.807, 2.05) is 44.2 Å². The molecule has 23 heavy (non-hydrogen) atoms. The van der Waals surface area contributed by atoms with Crippen molar-refractivity contribution in [3.63, 3.8) is 0 Å². The summed E-state index contributed by atoms with van der Waals surface area (Å²) in [7, 11) is 0. The van der Waals surface area contributed by atoms with Crippen LogP contribution in [-0.4, -0.2) is 35.7 Å². The van der Waals surface area contributed by atoms with Crippen LogP contribution in [0.1, 0.15) is 26.3 Å². The third-order valence-electron chi connectivity index (χ3n) is 3.74. The van der Waals surface area contributed by atoms with Gasteiger partial charge >= 0.3 is 12.1 Å². The molecule has 1 aliphatic heterocycles. The molecule has 124 valence electrons. The minimum absolute atomic E-state index is 0.150. The van der Waals surface area contributed by atoms with E-state index >= 15 is 0 Å². The highest BCUT2D eigenvalue weighted by atomic mass is 16.6. The van der Waals surface area contributed by atoms with Crippen molar-refractivity contribution in [3.05, 3.63) is 48.0 Å². The lowest BCUT2D eigenvalue weighted by molar-refractivity contribution is -0.137. The molecule has 0 N–H and O–H groups in total. The molecule has 1 saturated heterocycles. The normalized spacial score (nSPS) is 21.0. The van der Waals surface area contributed by atoms with Gasteiger partial charge in [0.1, 0.15) is 6.10 Å². The first-order valence-electron chi connectivity index (χ1n) is 7.89. The average molecular weight is 317 g/mol. The van der Waals surface area contributed by atoms with E-state index in [9.17, 15) is 9.59 Å². The Morgan fingerprint density at radius 2 is 2.04 bits per heavy atom. The van der Waals surface area contributed by atoms with Gasteiger partial charge in [0.2, 0.25) is 0 Å². The Labute approximate surface area is 136 Å². The van der Waals surface area contributed by atoms with Crippen LogP contribution < -0.4 is 0 Å². The highest BCUT2D eigenvalue weighted by molar-refractivity contribution is 5.82. The molecule has 1 fully saturated rings. The molecular formula is C18H23NO4. The lowest BCUT2D eigenvalue weighted by Crippen LogP contribution is -2.36. The third kappa shape index (κ3) is 4.34. The molecule has 0 aromatic heterocycles. The molecule has 0 bridgehead atoms. The van der Waals surface area contributed by atoms with Gasteiger partial charge < -0.3 is 9.47 Å². The van der Waals surface area contributed by atoms with Crippen LogP contribution in [0.4, 0.5) is 4.79 Å². The maximum absolute atomic E-state index is 12.2. The number of rotatable bonds is 6. The molecule has 5 nitrogen and oxygen atoms in total. The van der Waals surface area contributed by atoms with Gasteiger partial charge in [-0.3, -0.25) is 4.90 Å². The maximum atomic E-state index is 12.2. The van der Waals surface area contributed by atoms with Crippen LogP contribution in [-0.2, 0) is 20.8 Å². The Hall–Kier alpha value is -2.30. The monoisotopic (exact) mass is 317 g/mol. The Balaban J connectivity index is 2.19. The number of benzene rings is 1. The zero-order valence-corrected chi connectivity index (χ0v) is 13.8. The summed E-state index contributed by atoms with van der Waals surface area (Å²) in [6.45, 7) is 6.52. The second-order valence-electron chi connectivity index (χ2n) is 5.81. The van der Waals surface area contributed by atoms with Gasteiger partial charge in [0.15, 0.2) is 0 Å². The second kappa shape index (κ2) is 7.81. The van der Waals surface area contributed by atoms with Crippen molar-refractivity contribution < 1.29 is 19.1 Å². The maximum Gasteiger partial charge on any atom is 0.411 e. The van der Waals surface area contributed by atoms with Gasteiger partial charge in [0, 0.05) is 12.6 Å². The Morgan fingerprint density at radius 1 is 1.35 bits per heavy atom. The molecule has 1 aromatic rings. The quantitative estimate of drug-likeness (QED) is 0.597. The second-order valence-corrected chi connectivity index (χ2v) is 5.81. The smallest absolute Gasteiger partial charge is 0.411 e. The van der Waals surface area contributed by atoms with Crippen molar-refractivity contribution >= 4 is 12.1 Å². The standard InChI is InChI=1S/C18H23NO4/c1-4-22-16(20)11-10-15-17(13(2)3)23-18(21)19(15)12-14-8-6-5-7-9-14/h5-11,13,15,17H,4,12H2,1-3H3/b11-10+/t15-,17-/m0/s1. The topological polar surface area (TPSA) is 55.8 Å². The summed E-state index contributed by atoms with van der Waals surface area (Å²) in [5, 5.41) is 0. The van der Waals surface area contributed by atoms with Crippen LogP contribution >= 0.6 is 0 Å². The van der Waals surface area contributed by atoms with E-state index < -0.39 is 5.97 Å². The van der Waals surface area contributed by atoms with Crippen LogP contribution in [0.15, 0.2) is 42.5 Å². The molecular weight excluding hydrogens is 294 g/mol. The summed E-state index contributed by atoms with van der Waals surface area (Å²) in [6, 6.07) is 9.43. The number of amides is 1. The van der Waals surface area contributed by atoms with Crippen LogP contribution in [0.2, 0.25) is 0 Å². The van der Waals surface area contributed by atoms with Crippen LogP contribution in [0, 0.1) is 5.92 Å². The predicted octanol–water partition coefficient (Wildman–Crippen LogP) is 3.15. The lowest BCUT2D eigenvalue weighted by atomic mass is 9.98. The zero-order valence-electron chi connectivity index (χ0n) is 13.8. The van der Waals surface area contributed by atoms with E-state index in [0.717, 1.165) is 5.56 Å². The van der Waals surface area contributed by atoms with Gasteiger partial charge in [0.05, 0.1) is 12.6 Å². The van der Waals surface area contributed by atoms with Crippen LogP contribution in [0.5, 0.6) is 0 Å². The molecule has 1 aliphatic rings. The molecule has 0 aliphatic carbocycles. The van der Waals surface area contributed by atoms with Crippen molar-refractivity contribution in [2.24, 2.45) is 5.92 Å². The lowest BCUT2D eigenvalue weighted by Gasteiger charge is -2.23. The number of nitrogens with zero attached hydrogens (tertiary/aromatic N) is 1. The highest BCUT2D eigenvalue weighted by Crippen LogP contribution is 2.27. The van der Waals surface area contributed by atoms with Crippen molar-refractivity contribution in [1.82, 2.24) is 4.90 Å².